The minimum absolute atomic E-state index is 0.0593. The smallest absolute Gasteiger partial charge is 0.341 e. The Morgan fingerprint density at radius 2 is 1.87 bits per heavy atom. The van der Waals surface area contributed by atoms with Crippen molar-refractivity contribution in [3.05, 3.63) is 74.6 Å². The number of nitrogens with zero attached hydrogens (tertiary/aromatic N) is 2. The van der Waals surface area contributed by atoms with Crippen LogP contribution in [0.4, 0.5) is 14.5 Å². The monoisotopic (exact) mass is 412 g/mol. The molecule has 8 heteroatoms. The van der Waals surface area contributed by atoms with Crippen molar-refractivity contribution < 1.29 is 23.8 Å². The zero-order chi connectivity index (χ0) is 21.2. The van der Waals surface area contributed by atoms with Gasteiger partial charge in [0.15, 0.2) is 5.82 Å². The summed E-state index contributed by atoms with van der Waals surface area (Å²) >= 11 is 0. The maximum absolute atomic E-state index is 15.7. The SMILES string of the molecule is O=C(O)c1cn(C2CC2)c2c(F)c(N3Cc4ccc(CO)cc4C3)c(F)cc2c1=O. The zero-order valence-electron chi connectivity index (χ0n) is 15.9. The summed E-state index contributed by atoms with van der Waals surface area (Å²) in [6, 6.07) is 6.25. The Morgan fingerprint density at radius 3 is 2.53 bits per heavy atom. The van der Waals surface area contributed by atoms with Crippen molar-refractivity contribution in [1.82, 2.24) is 4.57 Å². The van der Waals surface area contributed by atoms with Crippen molar-refractivity contribution in [2.45, 2.75) is 38.6 Å². The highest BCUT2D eigenvalue weighted by Crippen LogP contribution is 2.41. The summed E-state index contributed by atoms with van der Waals surface area (Å²) < 4.78 is 32.2. The van der Waals surface area contributed by atoms with E-state index in [0.717, 1.165) is 35.6 Å². The van der Waals surface area contributed by atoms with Crippen LogP contribution in [0, 0.1) is 11.6 Å². The van der Waals surface area contributed by atoms with Crippen LogP contribution in [-0.2, 0) is 19.7 Å². The number of carboxylic acid groups (broad SMARTS) is 1. The number of rotatable bonds is 4. The summed E-state index contributed by atoms with van der Waals surface area (Å²) in [7, 11) is 0. The van der Waals surface area contributed by atoms with Crippen molar-refractivity contribution >= 4 is 22.6 Å². The molecule has 0 atom stereocenters. The van der Waals surface area contributed by atoms with Crippen LogP contribution < -0.4 is 10.3 Å². The first-order valence-corrected chi connectivity index (χ1v) is 9.65. The van der Waals surface area contributed by atoms with E-state index in [9.17, 15) is 19.8 Å². The number of aromatic carboxylic acids is 1. The lowest BCUT2D eigenvalue weighted by Gasteiger charge is -2.22. The van der Waals surface area contributed by atoms with Crippen molar-refractivity contribution in [2.75, 3.05) is 4.90 Å². The summed E-state index contributed by atoms with van der Waals surface area (Å²) in [5, 5.41) is 18.4. The summed E-state index contributed by atoms with van der Waals surface area (Å²) in [6.45, 7) is 0.441. The maximum Gasteiger partial charge on any atom is 0.341 e. The molecule has 2 heterocycles. The fraction of sp³-hybridized carbons (Fsp3) is 0.273. The van der Waals surface area contributed by atoms with Gasteiger partial charge in [0.05, 0.1) is 17.5 Å². The predicted molar refractivity (Wildman–Crippen MR) is 106 cm³/mol. The Hall–Kier alpha value is -3.26. The molecular formula is C22H18F2N2O4. The minimum atomic E-state index is -1.42. The molecule has 2 N–H and O–H groups in total. The topological polar surface area (TPSA) is 82.8 Å². The molecule has 1 aliphatic carbocycles. The molecule has 1 saturated carbocycles. The molecule has 154 valence electrons. The van der Waals surface area contributed by atoms with Gasteiger partial charge in [-0.3, -0.25) is 4.79 Å². The third kappa shape index (κ3) is 2.79. The van der Waals surface area contributed by atoms with E-state index in [4.69, 9.17) is 0 Å². The van der Waals surface area contributed by atoms with Gasteiger partial charge < -0.3 is 19.7 Å². The van der Waals surface area contributed by atoms with Crippen LogP contribution in [0.3, 0.4) is 0 Å². The van der Waals surface area contributed by atoms with Gasteiger partial charge in [-0.25, -0.2) is 13.6 Å². The molecule has 30 heavy (non-hydrogen) atoms. The lowest BCUT2D eigenvalue weighted by Crippen LogP contribution is -2.22. The summed E-state index contributed by atoms with van der Waals surface area (Å²) in [6.07, 6.45) is 2.65. The average Bonchev–Trinajstić information content (AvgIpc) is 3.47. The van der Waals surface area contributed by atoms with Gasteiger partial charge >= 0.3 is 5.97 Å². The van der Waals surface area contributed by atoms with Crippen LogP contribution in [0.5, 0.6) is 0 Å². The first-order valence-electron chi connectivity index (χ1n) is 9.65. The minimum Gasteiger partial charge on any atom is -0.477 e. The maximum atomic E-state index is 15.7. The van der Waals surface area contributed by atoms with E-state index < -0.39 is 28.6 Å². The van der Waals surface area contributed by atoms with E-state index in [-0.39, 0.29) is 35.8 Å². The molecule has 1 aromatic heterocycles. The second-order valence-electron chi connectivity index (χ2n) is 7.85. The molecule has 0 bridgehead atoms. The number of aromatic nitrogens is 1. The molecular weight excluding hydrogens is 394 g/mol. The number of hydrogen-bond donors (Lipinski definition) is 2. The van der Waals surface area contributed by atoms with Gasteiger partial charge in [0, 0.05) is 25.3 Å². The zero-order valence-corrected chi connectivity index (χ0v) is 15.9. The van der Waals surface area contributed by atoms with E-state index in [1.807, 2.05) is 12.1 Å². The molecule has 2 aromatic carbocycles. The van der Waals surface area contributed by atoms with E-state index in [1.54, 1.807) is 11.0 Å². The first kappa shape index (κ1) is 18.7. The van der Waals surface area contributed by atoms with E-state index >= 15 is 8.78 Å². The number of aliphatic hydroxyl groups excluding tert-OH is 1. The Labute approximate surface area is 169 Å². The van der Waals surface area contributed by atoms with E-state index in [2.05, 4.69) is 0 Å². The highest BCUT2D eigenvalue weighted by Gasteiger charge is 2.32. The quantitative estimate of drug-likeness (QED) is 0.687. The number of anilines is 1. The normalized spacial score (nSPS) is 15.6. The van der Waals surface area contributed by atoms with Gasteiger partial charge in [0.1, 0.15) is 17.1 Å². The van der Waals surface area contributed by atoms with Crippen molar-refractivity contribution in [3.63, 3.8) is 0 Å². The third-order valence-corrected chi connectivity index (χ3v) is 5.85. The molecule has 0 unspecified atom stereocenters. The van der Waals surface area contributed by atoms with Crippen molar-refractivity contribution in [1.29, 1.82) is 0 Å². The first-order chi connectivity index (χ1) is 14.4. The number of benzene rings is 2. The molecule has 2 aliphatic rings. The number of aliphatic hydroxyl groups is 1. The lowest BCUT2D eigenvalue weighted by atomic mass is 10.1. The third-order valence-electron chi connectivity index (χ3n) is 5.85. The van der Waals surface area contributed by atoms with Crippen LogP contribution in [0.15, 0.2) is 35.3 Å². The largest absolute Gasteiger partial charge is 0.477 e. The summed E-state index contributed by atoms with van der Waals surface area (Å²) in [5.74, 6) is -3.19. The Bertz CT molecular complexity index is 1280. The Morgan fingerprint density at radius 1 is 1.13 bits per heavy atom. The van der Waals surface area contributed by atoms with Gasteiger partial charge in [-0.15, -0.1) is 0 Å². The van der Waals surface area contributed by atoms with Gasteiger partial charge in [0.2, 0.25) is 5.43 Å². The van der Waals surface area contributed by atoms with Crippen LogP contribution in [0.25, 0.3) is 10.9 Å². The van der Waals surface area contributed by atoms with Gasteiger partial charge in [0.25, 0.3) is 0 Å². The number of hydrogen-bond acceptors (Lipinski definition) is 4. The van der Waals surface area contributed by atoms with Crippen LogP contribution in [0.1, 0.15) is 45.9 Å². The van der Waals surface area contributed by atoms with Crippen LogP contribution in [-0.4, -0.2) is 20.7 Å². The standard InChI is InChI=1S/C22H18F2N2O4/c23-17-6-15-19(26(14-3-4-14)9-16(21(15)28)22(29)30)18(24)20(17)25-7-12-2-1-11(10-27)5-13(12)8-25/h1-2,5-6,9,14,27H,3-4,7-8,10H2,(H,29,30). The fourth-order valence-electron chi connectivity index (χ4n) is 4.22. The van der Waals surface area contributed by atoms with Gasteiger partial charge in [-0.2, -0.15) is 0 Å². The number of pyridine rings is 1. The molecule has 5 rings (SSSR count). The predicted octanol–water partition coefficient (Wildman–Crippen LogP) is 3.33. The number of fused-ring (bicyclic) bond motifs is 2. The van der Waals surface area contributed by atoms with Gasteiger partial charge in [-0.05, 0) is 35.6 Å². The molecule has 1 fully saturated rings. The van der Waals surface area contributed by atoms with Crippen LogP contribution >= 0.6 is 0 Å². The summed E-state index contributed by atoms with van der Waals surface area (Å²) in [5.41, 5.74) is 0.825. The molecule has 1 aliphatic heterocycles. The highest BCUT2D eigenvalue weighted by atomic mass is 19.1. The van der Waals surface area contributed by atoms with E-state index in [1.165, 1.54) is 10.8 Å². The average molecular weight is 412 g/mol. The van der Waals surface area contributed by atoms with Gasteiger partial charge in [-0.1, -0.05) is 18.2 Å². The fourth-order valence-corrected chi connectivity index (χ4v) is 4.22. The molecule has 0 amide bonds. The number of carboxylic acids is 1. The molecule has 0 spiro atoms. The Balaban J connectivity index is 1.69. The highest BCUT2D eigenvalue weighted by molar-refractivity contribution is 5.94. The van der Waals surface area contributed by atoms with Crippen LogP contribution in [0.2, 0.25) is 0 Å². The number of carbonyl (C=O) groups is 1. The second-order valence-corrected chi connectivity index (χ2v) is 7.85. The molecule has 3 aromatic rings. The number of halogens is 2. The Kier molecular flexibility index (Phi) is 4.14. The summed E-state index contributed by atoms with van der Waals surface area (Å²) in [4.78, 5) is 25.6. The second kappa shape index (κ2) is 6.63. The molecule has 6 nitrogen and oxygen atoms in total. The molecule has 0 radical (unpaired) electrons. The molecule has 0 saturated heterocycles. The lowest BCUT2D eigenvalue weighted by molar-refractivity contribution is 0.0694. The van der Waals surface area contributed by atoms with E-state index in [0.29, 0.717) is 6.54 Å². The van der Waals surface area contributed by atoms with Crippen molar-refractivity contribution in [2.24, 2.45) is 0 Å². The van der Waals surface area contributed by atoms with Crippen molar-refractivity contribution in [3.8, 4) is 0 Å².